The van der Waals surface area contributed by atoms with Gasteiger partial charge in [0, 0.05) is 25.4 Å². The van der Waals surface area contributed by atoms with Gasteiger partial charge in [0.05, 0.1) is 5.02 Å². The molecule has 0 saturated carbocycles. The molecule has 1 aromatic rings. The van der Waals surface area contributed by atoms with Crippen LogP contribution in [0.3, 0.4) is 0 Å². The minimum Gasteiger partial charge on any atom is -0.370 e. The number of nitrogens with one attached hydrogen (secondary N) is 1. The number of carbonyl (C=O) groups excluding carboxylic acids is 1. The van der Waals surface area contributed by atoms with E-state index >= 15 is 0 Å². The highest BCUT2D eigenvalue weighted by atomic mass is 35.5. The van der Waals surface area contributed by atoms with E-state index in [1.807, 2.05) is 0 Å². The molecule has 0 aliphatic rings. The minimum atomic E-state index is -3.69. The van der Waals surface area contributed by atoms with Crippen molar-refractivity contribution in [2.24, 2.45) is 5.73 Å². The van der Waals surface area contributed by atoms with Crippen molar-refractivity contribution >= 4 is 27.5 Å². The van der Waals surface area contributed by atoms with E-state index in [-0.39, 0.29) is 22.9 Å². The van der Waals surface area contributed by atoms with Crippen LogP contribution in [0.1, 0.15) is 12.8 Å². The number of sulfonamides is 1. The fraction of sp³-hybridized carbons (Fsp3) is 0.333. The number of carbonyl (C=O) groups is 1. The summed E-state index contributed by atoms with van der Waals surface area (Å²) in [7, 11) is -3.69. The van der Waals surface area contributed by atoms with E-state index in [9.17, 15) is 13.2 Å². The van der Waals surface area contributed by atoms with Gasteiger partial charge in [0.15, 0.2) is 0 Å². The van der Waals surface area contributed by atoms with Crippen LogP contribution in [-0.4, -0.2) is 25.9 Å². The van der Waals surface area contributed by atoms with Gasteiger partial charge in [-0.1, -0.05) is 11.6 Å². The zero-order chi connectivity index (χ0) is 12.9. The van der Waals surface area contributed by atoms with E-state index < -0.39 is 15.9 Å². The summed E-state index contributed by atoms with van der Waals surface area (Å²) in [6, 6.07) is 1.39. The first kappa shape index (κ1) is 13.9. The Morgan fingerprint density at radius 1 is 1.53 bits per heavy atom. The summed E-state index contributed by atoms with van der Waals surface area (Å²) in [5, 5.41) is 0.0994. The summed E-state index contributed by atoms with van der Waals surface area (Å²) >= 11 is 5.74. The average Bonchev–Trinajstić information content (AvgIpc) is 2.24. The number of primary amides is 1. The minimum absolute atomic E-state index is 0.0826. The monoisotopic (exact) mass is 277 g/mol. The number of hydrogen-bond acceptors (Lipinski definition) is 4. The zero-order valence-electron chi connectivity index (χ0n) is 8.89. The molecule has 0 fully saturated rings. The topological polar surface area (TPSA) is 102 Å². The number of nitrogens with zero attached hydrogens (tertiary/aromatic N) is 1. The molecule has 1 amide bonds. The van der Waals surface area contributed by atoms with Gasteiger partial charge in [0.25, 0.3) is 0 Å². The highest BCUT2D eigenvalue weighted by Gasteiger charge is 2.17. The maximum Gasteiger partial charge on any atom is 0.243 e. The van der Waals surface area contributed by atoms with Crippen molar-refractivity contribution in [1.82, 2.24) is 9.71 Å². The normalized spacial score (nSPS) is 11.4. The first-order chi connectivity index (χ1) is 7.93. The van der Waals surface area contributed by atoms with Crippen LogP contribution in [-0.2, 0) is 14.8 Å². The number of hydrogen-bond donors (Lipinski definition) is 2. The fourth-order valence-electron chi connectivity index (χ4n) is 1.11. The van der Waals surface area contributed by atoms with Crippen molar-refractivity contribution in [3.63, 3.8) is 0 Å². The maximum atomic E-state index is 11.7. The van der Waals surface area contributed by atoms with Gasteiger partial charge in [0.2, 0.25) is 15.9 Å². The summed E-state index contributed by atoms with van der Waals surface area (Å²) in [5.74, 6) is -0.469. The highest BCUT2D eigenvalue weighted by molar-refractivity contribution is 7.89. The van der Waals surface area contributed by atoms with Gasteiger partial charge in [-0.05, 0) is 12.5 Å². The molecule has 6 nitrogen and oxygen atoms in total. The molecule has 0 atom stereocenters. The van der Waals surface area contributed by atoms with Gasteiger partial charge in [-0.2, -0.15) is 0 Å². The zero-order valence-corrected chi connectivity index (χ0v) is 10.5. The van der Waals surface area contributed by atoms with Crippen molar-refractivity contribution in [1.29, 1.82) is 0 Å². The molecule has 0 bridgehead atoms. The van der Waals surface area contributed by atoms with Crippen molar-refractivity contribution < 1.29 is 13.2 Å². The lowest BCUT2D eigenvalue weighted by molar-refractivity contribution is -0.118. The van der Waals surface area contributed by atoms with Crippen LogP contribution in [0, 0.1) is 0 Å². The molecule has 1 rings (SSSR count). The Hall–Kier alpha value is -1.18. The van der Waals surface area contributed by atoms with Crippen molar-refractivity contribution in [2.75, 3.05) is 6.54 Å². The maximum absolute atomic E-state index is 11.7. The molecule has 17 heavy (non-hydrogen) atoms. The molecular weight excluding hydrogens is 266 g/mol. The van der Waals surface area contributed by atoms with E-state index in [0.717, 1.165) is 0 Å². The van der Waals surface area contributed by atoms with E-state index in [2.05, 4.69) is 9.71 Å². The number of halogens is 1. The fourth-order valence-corrected chi connectivity index (χ4v) is 2.61. The molecule has 0 radical (unpaired) electrons. The first-order valence-electron chi connectivity index (χ1n) is 4.81. The second-order valence-corrected chi connectivity index (χ2v) is 5.42. The lowest BCUT2D eigenvalue weighted by Gasteiger charge is -2.06. The Morgan fingerprint density at radius 3 is 2.82 bits per heavy atom. The van der Waals surface area contributed by atoms with Gasteiger partial charge >= 0.3 is 0 Å². The van der Waals surface area contributed by atoms with Crippen LogP contribution in [0.2, 0.25) is 5.02 Å². The van der Waals surface area contributed by atoms with E-state index in [0.29, 0.717) is 6.42 Å². The lowest BCUT2D eigenvalue weighted by Crippen LogP contribution is -2.26. The molecule has 94 valence electrons. The van der Waals surface area contributed by atoms with Crippen LogP contribution < -0.4 is 10.5 Å². The first-order valence-corrected chi connectivity index (χ1v) is 6.67. The molecule has 8 heteroatoms. The summed E-state index contributed by atoms with van der Waals surface area (Å²) < 4.78 is 25.8. The van der Waals surface area contributed by atoms with E-state index in [4.69, 9.17) is 17.3 Å². The molecule has 0 aliphatic heterocycles. The quantitative estimate of drug-likeness (QED) is 0.729. The van der Waals surface area contributed by atoms with Crippen molar-refractivity contribution in [3.05, 3.63) is 23.5 Å². The van der Waals surface area contributed by atoms with Gasteiger partial charge in [0.1, 0.15) is 4.90 Å². The molecule has 1 aromatic heterocycles. The highest BCUT2D eigenvalue weighted by Crippen LogP contribution is 2.18. The molecule has 0 saturated heterocycles. The number of aromatic nitrogens is 1. The number of amides is 1. The molecule has 0 aromatic carbocycles. The molecule has 0 unspecified atom stereocenters. The third-order valence-electron chi connectivity index (χ3n) is 1.92. The Kier molecular flexibility index (Phi) is 4.86. The van der Waals surface area contributed by atoms with E-state index in [1.165, 1.54) is 18.5 Å². The Balaban J connectivity index is 2.64. The Bertz CT molecular complexity index is 504. The van der Waals surface area contributed by atoms with Crippen LogP contribution >= 0.6 is 11.6 Å². The molecule has 0 aliphatic carbocycles. The largest absolute Gasteiger partial charge is 0.370 e. The van der Waals surface area contributed by atoms with Crippen LogP contribution in [0.15, 0.2) is 23.4 Å². The Labute approximate surface area is 104 Å². The number of rotatable bonds is 6. The van der Waals surface area contributed by atoms with Crippen LogP contribution in [0.5, 0.6) is 0 Å². The molecular formula is C9H12ClN3O3S. The van der Waals surface area contributed by atoms with Crippen molar-refractivity contribution in [2.45, 2.75) is 17.7 Å². The summed E-state index contributed by atoms with van der Waals surface area (Å²) in [6.45, 7) is 0.122. The second-order valence-electron chi connectivity index (χ2n) is 3.27. The predicted octanol–water partition coefficient (Wildman–Crippen LogP) is 0.279. The van der Waals surface area contributed by atoms with Gasteiger partial charge in [-0.3, -0.25) is 9.78 Å². The standard InChI is InChI=1S/C9H12ClN3O3S/c10-7-3-5-12-6-8(7)17(15,16)13-4-1-2-9(11)14/h3,5-6,13H,1-2,4H2,(H2,11,14). The number of nitrogens with two attached hydrogens (primary N) is 1. The van der Waals surface area contributed by atoms with Gasteiger partial charge in [-0.25, -0.2) is 13.1 Å². The molecule has 3 N–H and O–H groups in total. The van der Waals surface area contributed by atoms with Gasteiger partial charge in [-0.15, -0.1) is 0 Å². The van der Waals surface area contributed by atoms with Crippen LogP contribution in [0.4, 0.5) is 0 Å². The summed E-state index contributed by atoms with van der Waals surface area (Å²) in [6.07, 6.45) is 3.03. The lowest BCUT2D eigenvalue weighted by atomic mass is 10.3. The van der Waals surface area contributed by atoms with E-state index in [1.54, 1.807) is 0 Å². The SMILES string of the molecule is NC(=O)CCCNS(=O)(=O)c1cnccc1Cl. The van der Waals surface area contributed by atoms with Crippen molar-refractivity contribution in [3.8, 4) is 0 Å². The number of pyridine rings is 1. The molecule has 0 spiro atoms. The molecule has 1 heterocycles. The summed E-state index contributed by atoms with van der Waals surface area (Å²) in [5.41, 5.74) is 4.93. The van der Waals surface area contributed by atoms with Gasteiger partial charge < -0.3 is 5.73 Å². The summed E-state index contributed by atoms with van der Waals surface area (Å²) in [4.78, 5) is 14.1. The second kappa shape index (κ2) is 5.95. The van der Waals surface area contributed by atoms with Crippen LogP contribution in [0.25, 0.3) is 0 Å². The smallest absolute Gasteiger partial charge is 0.243 e. The predicted molar refractivity (Wildman–Crippen MR) is 62.9 cm³/mol. The third kappa shape index (κ3) is 4.29. The average molecular weight is 278 g/mol. The Morgan fingerprint density at radius 2 is 2.24 bits per heavy atom. The third-order valence-corrected chi connectivity index (χ3v) is 3.85.